The van der Waals surface area contributed by atoms with Crippen molar-refractivity contribution in [2.24, 2.45) is 4.99 Å². The van der Waals surface area contributed by atoms with Crippen LogP contribution in [0.15, 0.2) is 47.9 Å². The average Bonchev–Trinajstić information content (AvgIpc) is 2.83. The standard InChI is InChI=1S/C25H30N6O2/c1-16-13-28-22-10-18(31-14-20-12-21(15-31)32-20)11-23(24(22)30(16)2)33-19-6-4-17(5-7-19)29-25-26-8-3-9-27-25/h3,8-11,13,17,19-21H,1,4-7,12,14-15H2,2H3,(H,26,27,29). The number of allylic oxidation sites excluding steroid dienone is 1. The van der Waals surface area contributed by atoms with Gasteiger partial charge in [-0.05, 0) is 37.8 Å². The van der Waals surface area contributed by atoms with Crippen molar-refractivity contribution in [1.29, 1.82) is 0 Å². The van der Waals surface area contributed by atoms with Crippen molar-refractivity contribution in [2.75, 3.05) is 35.3 Å². The van der Waals surface area contributed by atoms with E-state index in [1.807, 2.05) is 19.3 Å². The van der Waals surface area contributed by atoms with E-state index in [0.29, 0.717) is 24.2 Å². The second-order valence-corrected chi connectivity index (χ2v) is 9.45. The van der Waals surface area contributed by atoms with Crippen LogP contribution in [0.3, 0.4) is 0 Å². The van der Waals surface area contributed by atoms with Gasteiger partial charge in [0.2, 0.25) is 5.95 Å². The van der Waals surface area contributed by atoms with E-state index >= 15 is 0 Å². The molecule has 1 N–H and O–H groups in total. The van der Waals surface area contributed by atoms with Crippen LogP contribution in [0.4, 0.5) is 23.0 Å². The van der Waals surface area contributed by atoms with Crippen LogP contribution in [0, 0.1) is 0 Å². The Bertz CT molecular complexity index is 1050. The Labute approximate surface area is 194 Å². The van der Waals surface area contributed by atoms with Gasteiger partial charge in [0.05, 0.1) is 35.9 Å². The number of rotatable bonds is 5. The highest BCUT2D eigenvalue weighted by Gasteiger charge is 2.39. The first-order valence-electron chi connectivity index (χ1n) is 11.9. The maximum atomic E-state index is 6.67. The monoisotopic (exact) mass is 446 g/mol. The summed E-state index contributed by atoms with van der Waals surface area (Å²) in [6.45, 7) is 5.99. The van der Waals surface area contributed by atoms with E-state index in [1.165, 1.54) is 6.42 Å². The van der Waals surface area contributed by atoms with E-state index in [0.717, 1.165) is 67.3 Å². The van der Waals surface area contributed by atoms with Gasteiger partial charge in [-0.15, -0.1) is 0 Å². The lowest BCUT2D eigenvalue weighted by atomic mass is 9.93. The van der Waals surface area contributed by atoms with E-state index in [4.69, 9.17) is 14.5 Å². The van der Waals surface area contributed by atoms with Crippen molar-refractivity contribution < 1.29 is 9.47 Å². The maximum Gasteiger partial charge on any atom is 0.222 e. The molecule has 0 amide bonds. The molecule has 0 radical (unpaired) electrons. The van der Waals surface area contributed by atoms with Gasteiger partial charge in [0.15, 0.2) is 0 Å². The number of morpholine rings is 1. The number of ether oxygens (including phenoxy) is 2. The van der Waals surface area contributed by atoms with Crippen LogP contribution in [0.1, 0.15) is 32.1 Å². The molecule has 4 aliphatic heterocycles. The van der Waals surface area contributed by atoms with Gasteiger partial charge in [-0.2, -0.15) is 0 Å². The number of aromatic nitrogens is 2. The van der Waals surface area contributed by atoms with Crippen LogP contribution in [-0.2, 0) is 4.74 Å². The van der Waals surface area contributed by atoms with E-state index < -0.39 is 0 Å². The van der Waals surface area contributed by atoms with Crippen LogP contribution in [-0.4, -0.2) is 60.7 Å². The van der Waals surface area contributed by atoms with Crippen molar-refractivity contribution in [3.8, 4) is 5.75 Å². The van der Waals surface area contributed by atoms with Gasteiger partial charge < -0.3 is 24.6 Å². The number of anilines is 3. The molecule has 2 atom stereocenters. The second kappa shape index (κ2) is 8.33. The molecule has 1 aromatic heterocycles. The van der Waals surface area contributed by atoms with Gasteiger partial charge in [-0.1, -0.05) is 6.58 Å². The molecule has 2 aromatic rings. The zero-order chi connectivity index (χ0) is 22.4. The smallest absolute Gasteiger partial charge is 0.222 e. The fourth-order valence-corrected chi connectivity index (χ4v) is 5.29. The lowest BCUT2D eigenvalue weighted by molar-refractivity contribution is -0.133. The zero-order valence-corrected chi connectivity index (χ0v) is 19.0. The van der Waals surface area contributed by atoms with Gasteiger partial charge in [0.25, 0.3) is 0 Å². The quantitative estimate of drug-likeness (QED) is 0.746. The summed E-state index contributed by atoms with van der Waals surface area (Å²) < 4.78 is 12.5. The third-order valence-corrected chi connectivity index (χ3v) is 7.15. The van der Waals surface area contributed by atoms with Crippen LogP contribution in [0.2, 0.25) is 0 Å². The molecule has 8 heteroatoms. The lowest BCUT2D eigenvalue weighted by Gasteiger charge is -2.48. The maximum absolute atomic E-state index is 6.67. The van der Waals surface area contributed by atoms with Crippen molar-refractivity contribution >= 4 is 29.2 Å². The fourth-order valence-electron chi connectivity index (χ4n) is 5.29. The Morgan fingerprint density at radius 1 is 1.09 bits per heavy atom. The Morgan fingerprint density at radius 3 is 2.55 bits per heavy atom. The minimum absolute atomic E-state index is 0.171. The Kier molecular flexibility index (Phi) is 5.17. The third-order valence-electron chi connectivity index (χ3n) is 7.15. The van der Waals surface area contributed by atoms with Crippen molar-refractivity contribution in [3.05, 3.63) is 42.9 Å². The van der Waals surface area contributed by atoms with Gasteiger partial charge in [0, 0.05) is 56.7 Å². The normalized spacial score (nSPS) is 28.2. The molecule has 5 heterocycles. The first-order chi connectivity index (χ1) is 16.1. The van der Waals surface area contributed by atoms with Gasteiger partial charge in [0.1, 0.15) is 11.4 Å². The first kappa shape index (κ1) is 20.5. The van der Waals surface area contributed by atoms with Gasteiger partial charge >= 0.3 is 0 Å². The molecule has 5 aliphatic rings. The summed E-state index contributed by atoms with van der Waals surface area (Å²) in [5.41, 5.74) is 3.97. The molecule has 2 unspecified atom stereocenters. The topological polar surface area (TPSA) is 75.1 Å². The molecule has 1 aliphatic carbocycles. The molecule has 2 bridgehead atoms. The molecule has 1 aromatic carbocycles. The van der Waals surface area contributed by atoms with Crippen LogP contribution in [0.25, 0.3) is 0 Å². The summed E-state index contributed by atoms with van der Waals surface area (Å²) in [6.07, 6.45) is 11.4. The minimum atomic E-state index is 0.171. The molecule has 1 saturated carbocycles. The van der Waals surface area contributed by atoms with E-state index in [1.54, 1.807) is 12.4 Å². The summed E-state index contributed by atoms with van der Waals surface area (Å²) in [5, 5.41) is 3.45. The number of benzene rings is 1. The zero-order valence-electron chi connectivity index (χ0n) is 19.0. The van der Waals surface area contributed by atoms with Crippen molar-refractivity contribution in [2.45, 2.75) is 56.5 Å². The summed E-state index contributed by atoms with van der Waals surface area (Å²) in [6, 6.07) is 6.57. The third kappa shape index (κ3) is 4.04. The summed E-state index contributed by atoms with van der Waals surface area (Å²) in [4.78, 5) is 17.8. The number of piperidine rings is 1. The van der Waals surface area contributed by atoms with Crippen molar-refractivity contribution in [3.63, 3.8) is 0 Å². The minimum Gasteiger partial charge on any atom is -0.488 e. The second-order valence-electron chi connectivity index (χ2n) is 9.45. The predicted molar refractivity (Wildman–Crippen MR) is 130 cm³/mol. The highest BCUT2D eigenvalue weighted by atomic mass is 16.5. The highest BCUT2D eigenvalue weighted by molar-refractivity contribution is 5.96. The van der Waals surface area contributed by atoms with Crippen LogP contribution >= 0.6 is 0 Å². The molecule has 33 heavy (non-hydrogen) atoms. The average molecular weight is 447 g/mol. The summed E-state index contributed by atoms with van der Waals surface area (Å²) in [7, 11) is 2.03. The molecule has 4 fully saturated rings. The fraction of sp³-hybridized carbons (Fsp3) is 0.480. The van der Waals surface area contributed by atoms with Gasteiger partial charge in [-0.25, -0.2) is 9.97 Å². The number of aliphatic imine (C=N–C) groups is 1. The molecule has 3 saturated heterocycles. The first-order valence-corrected chi connectivity index (χ1v) is 11.9. The number of hydrogen-bond acceptors (Lipinski definition) is 8. The Balaban J connectivity index is 1.20. The summed E-state index contributed by atoms with van der Waals surface area (Å²) >= 11 is 0. The van der Waals surface area contributed by atoms with E-state index in [9.17, 15) is 0 Å². The number of hydrogen-bond donors (Lipinski definition) is 1. The number of fused-ring (bicyclic) bond motifs is 3. The van der Waals surface area contributed by atoms with E-state index in [2.05, 4.69) is 43.8 Å². The van der Waals surface area contributed by atoms with E-state index in [-0.39, 0.29) is 6.10 Å². The largest absolute Gasteiger partial charge is 0.488 e. The number of nitrogens with zero attached hydrogens (tertiary/aromatic N) is 5. The SMILES string of the molecule is C=C1C=Nc2cc(N3CC4CC(C3)O4)cc(OC3CCC(Nc4ncccn4)CC3)c2N1C. The Morgan fingerprint density at radius 2 is 1.82 bits per heavy atom. The molecule has 172 valence electrons. The molecule has 0 spiro atoms. The highest BCUT2D eigenvalue weighted by Crippen LogP contribution is 2.46. The molecular formula is C25H30N6O2. The van der Waals surface area contributed by atoms with Crippen molar-refractivity contribution in [1.82, 2.24) is 9.97 Å². The molecular weight excluding hydrogens is 416 g/mol. The lowest BCUT2D eigenvalue weighted by Crippen LogP contribution is -2.57. The molecule has 7 rings (SSSR count). The van der Waals surface area contributed by atoms with Crippen LogP contribution < -0.4 is 19.9 Å². The van der Waals surface area contributed by atoms with Crippen LogP contribution in [0.5, 0.6) is 5.75 Å². The Hall–Kier alpha value is -3.13. The van der Waals surface area contributed by atoms with Gasteiger partial charge in [-0.3, -0.25) is 4.99 Å². The number of nitrogens with one attached hydrogen (secondary N) is 1. The summed E-state index contributed by atoms with van der Waals surface area (Å²) in [5.74, 6) is 1.59. The predicted octanol–water partition coefficient (Wildman–Crippen LogP) is 3.92. The molecule has 8 nitrogen and oxygen atoms in total.